The van der Waals surface area contributed by atoms with E-state index >= 15 is 0 Å². The first-order valence-electron chi connectivity index (χ1n) is 5.93. The highest BCUT2D eigenvalue weighted by Gasteiger charge is 2.54. The van der Waals surface area contributed by atoms with Crippen molar-refractivity contribution < 1.29 is 9.22 Å². The Morgan fingerprint density at radius 1 is 1.12 bits per heavy atom. The van der Waals surface area contributed by atoms with Crippen LogP contribution in [-0.2, 0) is 4.74 Å². The van der Waals surface area contributed by atoms with Gasteiger partial charge in [0.1, 0.15) is 12.1 Å². The van der Waals surface area contributed by atoms with E-state index in [2.05, 4.69) is 59.1 Å². The van der Waals surface area contributed by atoms with Crippen molar-refractivity contribution in [3.05, 3.63) is 35.9 Å². The number of benzene rings is 1. The Kier molecular flexibility index (Phi) is 2.59. The van der Waals surface area contributed by atoms with Gasteiger partial charge in [0, 0.05) is 13.8 Å². The van der Waals surface area contributed by atoms with Crippen LogP contribution in [0.5, 0.6) is 0 Å². The molecule has 1 heterocycles. The fourth-order valence-corrected chi connectivity index (χ4v) is 2.36. The molecule has 1 aliphatic rings. The molecule has 2 atom stereocenters. The SMILES string of the molecule is C[C@@H]1[C@@H](c2ccccc2)OC(C)(C)[N+]1(C)C. The van der Waals surface area contributed by atoms with E-state index in [1.807, 2.05) is 6.07 Å². The third-order valence-electron chi connectivity index (χ3n) is 4.39. The summed E-state index contributed by atoms with van der Waals surface area (Å²) in [6.45, 7) is 6.62. The van der Waals surface area contributed by atoms with Crippen molar-refractivity contribution in [2.45, 2.75) is 38.6 Å². The average molecular weight is 220 g/mol. The number of hydrogen-bond donors (Lipinski definition) is 0. The summed E-state index contributed by atoms with van der Waals surface area (Å²) < 4.78 is 7.13. The molecule has 16 heavy (non-hydrogen) atoms. The quantitative estimate of drug-likeness (QED) is 0.661. The van der Waals surface area contributed by atoms with E-state index < -0.39 is 0 Å². The minimum absolute atomic E-state index is 0.125. The van der Waals surface area contributed by atoms with Gasteiger partial charge in [-0.15, -0.1) is 0 Å². The summed E-state index contributed by atoms with van der Waals surface area (Å²) >= 11 is 0. The molecule has 0 aromatic heterocycles. The second-order valence-electron chi connectivity index (χ2n) is 5.68. The molecule has 1 fully saturated rings. The van der Waals surface area contributed by atoms with E-state index in [-0.39, 0.29) is 11.8 Å². The maximum absolute atomic E-state index is 6.23. The molecular formula is C14H22NO+. The minimum Gasteiger partial charge on any atom is -0.313 e. The lowest BCUT2D eigenvalue weighted by Crippen LogP contribution is -2.55. The number of quaternary nitrogens is 1. The van der Waals surface area contributed by atoms with Crippen molar-refractivity contribution in [3.63, 3.8) is 0 Å². The van der Waals surface area contributed by atoms with Crippen molar-refractivity contribution in [1.82, 2.24) is 0 Å². The Hall–Kier alpha value is -0.860. The molecule has 2 nitrogen and oxygen atoms in total. The summed E-state index contributed by atoms with van der Waals surface area (Å²) in [6.07, 6.45) is 0.200. The summed E-state index contributed by atoms with van der Waals surface area (Å²) in [4.78, 5) is 0. The topological polar surface area (TPSA) is 9.23 Å². The Morgan fingerprint density at radius 3 is 2.12 bits per heavy atom. The van der Waals surface area contributed by atoms with Crippen molar-refractivity contribution in [1.29, 1.82) is 0 Å². The van der Waals surface area contributed by atoms with Crippen molar-refractivity contribution in [2.24, 2.45) is 0 Å². The maximum Gasteiger partial charge on any atom is 0.198 e. The number of ether oxygens (including phenoxy) is 1. The van der Waals surface area contributed by atoms with E-state index in [0.717, 1.165) is 4.48 Å². The average Bonchev–Trinajstić information content (AvgIpc) is 2.40. The van der Waals surface area contributed by atoms with Gasteiger partial charge in [-0.2, -0.15) is 0 Å². The highest BCUT2D eigenvalue weighted by molar-refractivity contribution is 5.19. The molecule has 88 valence electrons. The summed E-state index contributed by atoms with van der Waals surface area (Å²) in [7, 11) is 4.49. The van der Waals surface area contributed by atoms with E-state index in [4.69, 9.17) is 4.74 Å². The Labute approximate surface area is 98.4 Å². The second-order valence-corrected chi connectivity index (χ2v) is 5.68. The van der Waals surface area contributed by atoms with E-state index in [0.29, 0.717) is 6.04 Å². The molecule has 2 heteroatoms. The zero-order valence-corrected chi connectivity index (χ0v) is 10.9. The van der Waals surface area contributed by atoms with Gasteiger partial charge in [0.05, 0.1) is 14.1 Å². The molecular weight excluding hydrogens is 198 g/mol. The van der Waals surface area contributed by atoms with Crippen molar-refractivity contribution >= 4 is 0 Å². The zero-order chi connectivity index (χ0) is 12.0. The first kappa shape index (κ1) is 11.6. The summed E-state index contributed by atoms with van der Waals surface area (Å²) in [5, 5.41) is 0. The van der Waals surface area contributed by atoms with Gasteiger partial charge in [0.25, 0.3) is 0 Å². The number of hydrogen-bond acceptors (Lipinski definition) is 1. The molecule has 0 spiro atoms. The van der Waals surface area contributed by atoms with Crippen LogP contribution in [0, 0.1) is 0 Å². The monoisotopic (exact) mass is 220 g/mol. The van der Waals surface area contributed by atoms with Gasteiger partial charge in [-0.3, -0.25) is 4.48 Å². The zero-order valence-electron chi connectivity index (χ0n) is 10.9. The van der Waals surface area contributed by atoms with Crippen LogP contribution < -0.4 is 0 Å². The number of nitrogens with zero attached hydrogens (tertiary/aromatic N) is 1. The molecule has 0 unspecified atom stereocenters. The van der Waals surface area contributed by atoms with E-state index in [1.54, 1.807) is 0 Å². The number of rotatable bonds is 1. The van der Waals surface area contributed by atoms with Gasteiger partial charge in [-0.05, 0) is 12.5 Å². The third-order valence-corrected chi connectivity index (χ3v) is 4.39. The first-order valence-corrected chi connectivity index (χ1v) is 5.93. The lowest BCUT2D eigenvalue weighted by molar-refractivity contribution is -0.958. The van der Waals surface area contributed by atoms with Crippen LogP contribution in [0.15, 0.2) is 30.3 Å². The highest BCUT2D eigenvalue weighted by Crippen LogP contribution is 2.43. The first-order chi connectivity index (χ1) is 7.36. The van der Waals surface area contributed by atoms with E-state index in [1.165, 1.54) is 5.56 Å². The van der Waals surface area contributed by atoms with Crippen LogP contribution in [0.25, 0.3) is 0 Å². The van der Waals surface area contributed by atoms with Gasteiger partial charge in [0.2, 0.25) is 0 Å². The smallest absolute Gasteiger partial charge is 0.198 e. The largest absolute Gasteiger partial charge is 0.313 e. The molecule has 0 bridgehead atoms. The Bertz CT molecular complexity index is 370. The fourth-order valence-electron chi connectivity index (χ4n) is 2.36. The predicted molar refractivity (Wildman–Crippen MR) is 65.9 cm³/mol. The van der Waals surface area contributed by atoms with Gasteiger partial charge < -0.3 is 4.74 Å². The Morgan fingerprint density at radius 2 is 1.69 bits per heavy atom. The lowest BCUT2D eigenvalue weighted by atomic mass is 10.0. The summed E-state index contributed by atoms with van der Waals surface area (Å²) in [5.41, 5.74) is 1.16. The van der Waals surface area contributed by atoms with Gasteiger partial charge in [-0.1, -0.05) is 30.3 Å². The second kappa shape index (κ2) is 3.57. The van der Waals surface area contributed by atoms with Gasteiger partial charge >= 0.3 is 0 Å². The molecule has 2 rings (SSSR count). The Balaban J connectivity index is 2.35. The summed E-state index contributed by atoms with van der Waals surface area (Å²) in [6, 6.07) is 11.0. The van der Waals surface area contributed by atoms with Crippen molar-refractivity contribution in [3.8, 4) is 0 Å². The predicted octanol–water partition coefficient (Wildman–Crippen LogP) is 2.96. The molecule has 0 saturated carbocycles. The molecule has 1 aromatic carbocycles. The molecule has 1 saturated heterocycles. The van der Waals surface area contributed by atoms with E-state index in [9.17, 15) is 0 Å². The number of likely N-dealkylation sites (N-methyl/N-ethyl adjacent to an activating group) is 1. The molecule has 1 aromatic rings. The minimum atomic E-state index is -0.125. The summed E-state index contributed by atoms with van der Waals surface area (Å²) in [5.74, 6) is 0. The third kappa shape index (κ3) is 1.57. The van der Waals surface area contributed by atoms with Crippen LogP contribution in [0.3, 0.4) is 0 Å². The molecule has 0 aliphatic carbocycles. The molecule has 0 radical (unpaired) electrons. The maximum atomic E-state index is 6.23. The van der Waals surface area contributed by atoms with Crippen LogP contribution in [-0.4, -0.2) is 30.3 Å². The fraction of sp³-hybridized carbons (Fsp3) is 0.571. The van der Waals surface area contributed by atoms with Crippen LogP contribution >= 0.6 is 0 Å². The molecule has 0 N–H and O–H groups in total. The van der Waals surface area contributed by atoms with Gasteiger partial charge in [0.15, 0.2) is 5.72 Å². The van der Waals surface area contributed by atoms with Crippen LogP contribution in [0.2, 0.25) is 0 Å². The van der Waals surface area contributed by atoms with Gasteiger partial charge in [-0.25, -0.2) is 0 Å². The van der Waals surface area contributed by atoms with Crippen LogP contribution in [0.4, 0.5) is 0 Å². The van der Waals surface area contributed by atoms with Crippen molar-refractivity contribution in [2.75, 3.05) is 14.1 Å². The highest BCUT2D eigenvalue weighted by atomic mass is 16.5. The molecule has 1 aliphatic heterocycles. The lowest BCUT2D eigenvalue weighted by Gasteiger charge is -2.39. The standard InChI is InChI=1S/C14H22NO/c1-11-13(12-9-7-6-8-10-12)16-14(2,3)15(11,4)5/h6-11,13H,1-5H3/q+1/t11-,13+/m1/s1. The normalized spacial score (nSPS) is 31.6. The van der Waals surface area contributed by atoms with Crippen LogP contribution in [0.1, 0.15) is 32.4 Å². The molecule has 0 amide bonds.